The number of methoxy groups -OCH3 is 2. The third kappa shape index (κ3) is 3.91. The number of halogens is 1. The summed E-state index contributed by atoms with van der Waals surface area (Å²) in [5.74, 6) is 0.261. The number of sulfonamides is 1. The van der Waals surface area contributed by atoms with Gasteiger partial charge in [0, 0.05) is 18.7 Å². The van der Waals surface area contributed by atoms with Gasteiger partial charge in [0.2, 0.25) is 10.0 Å². The van der Waals surface area contributed by atoms with Gasteiger partial charge in [-0.15, -0.1) is 0 Å². The summed E-state index contributed by atoms with van der Waals surface area (Å²) in [6, 6.07) is 4.51. The summed E-state index contributed by atoms with van der Waals surface area (Å²) in [7, 11) is -0.693. The minimum absolute atomic E-state index is 0.0352. The van der Waals surface area contributed by atoms with E-state index in [9.17, 15) is 8.42 Å². The van der Waals surface area contributed by atoms with Gasteiger partial charge in [-0.3, -0.25) is 0 Å². The summed E-state index contributed by atoms with van der Waals surface area (Å²) in [6.45, 7) is 1.55. The number of ether oxygens (including phenoxy) is 2. The van der Waals surface area contributed by atoms with Crippen LogP contribution in [0, 0.1) is 0 Å². The van der Waals surface area contributed by atoms with Crippen LogP contribution in [-0.2, 0) is 14.8 Å². The molecule has 8 heteroatoms. The lowest BCUT2D eigenvalue weighted by atomic mass is 9.99. The maximum absolute atomic E-state index is 12.5. The summed E-state index contributed by atoms with van der Waals surface area (Å²) in [5.41, 5.74) is -0.367. The van der Waals surface area contributed by atoms with Crippen molar-refractivity contribution in [3.8, 4) is 5.75 Å². The van der Waals surface area contributed by atoms with Crippen LogP contribution in [0.15, 0.2) is 23.1 Å². The Kier molecular flexibility index (Phi) is 5.68. The molecule has 1 aliphatic heterocycles. The van der Waals surface area contributed by atoms with Gasteiger partial charge in [0.1, 0.15) is 10.6 Å². The Labute approximate surface area is 136 Å². The average Bonchev–Trinajstić information content (AvgIpc) is 2.95. The predicted octanol–water partition coefficient (Wildman–Crippen LogP) is 1.40. The number of benzene rings is 1. The van der Waals surface area contributed by atoms with Gasteiger partial charge >= 0.3 is 0 Å². The highest BCUT2D eigenvalue weighted by Crippen LogP contribution is 2.27. The molecule has 1 aliphatic rings. The van der Waals surface area contributed by atoms with Gasteiger partial charge in [0.05, 0.1) is 19.3 Å². The summed E-state index contributed by atoms with van der Waals surface area (Å²) in [5, 5.41) is 3.67. The normalized spacial score (nSPS) is 22.0. The van der Waals surface area contributed by atoms with Crippen molar-refractivity contribution in [3.63, 3.8) is 0 Å². The molecule has 2 N–H and O–H groups in total. The lowest BCUT2D eigenvalue weighted by Crippen LogP contribution is -2.52. The number of nitrogens with one attached hydrogen (secondary N) is 2. The van der Waals surface area contributed by atoms with E-state index in [1.165, 1.54) is 19.2 Å². The van der Waals surface area contributed by atoms with Gasteiger partial charge in [-0.05, 0) is 37.6 Å². The third-order valence-electron chi connectivity index (χ3n) is 3.77. The zero-order valence-corrected chi connectivity index (χ0v) is 14.3. The molecular weight excluding hydrogens is 328 g/mol. The summed E-state index contributed by atoms with van der Waals surface area (Å²) < 4.78 is 38.1. The first kappa shape index (κ1) is 17.5. The van der Waals surface area contributed by atoms with Crippen molar-refractivity contribution in [1.29, 1.82) is 0 Å². The molecule has 1 aromatic rings. The molecule has 1 unspecified atom stereocenters. The van der Waals surface area contributed by atoms with E-state index in [1.807, 2.05) is 0 Å². The fourth-order valence-electron chi connectivity index (χ4n) is 2.64. The second-order valence-electron chi connectivity index (χ2n) is 5.36. The molecule has 0 radical (unpaired) electrons. The van der Waals surface area contributed by atoms with Crippen molar-refractivity contribution in [2.45, 2.75) is 23.3 Å². The first-order chi connectivity index (χ1) is 10.4. The Morgan fingerprint density at radius 3 is 2.77 bits per heavy atom. The second-order valence-corrected chi connectivity index (χ2v) is 7.54. The van der Waals surface area contributed by atoms with Gasteiger partial charge in [0.25, 0.3) is 0 Å². The molecule has 1 atom stereocenters. The monoisotopic (exact) mass is 348 g/mol. The minimum atomic E-state index is -3.72. The van der Waals surface area contributed by atoms with Crippen LogP contribution in [0.4, 0.5) is 0 Å². The van der Waals surface area contributed by atoms with Crippen molar-refractivity contribution in [2.75, 3.05) is 33.9 Å². The fraction of sp³-hybridized carbons (Fsp3) is 0.571. The van der Waals surface area contributed by atoms with Crippen LogP contribution in [0.1, 0.15) is 12.8 Å². The van der Waals surface area contributed by atoms with E-state index in [0.29, 0.717) is 11.6 Å². The van der Waals surface area contributed by atoms with Crippen LogP contribution in [0.3, 0.4) is 0 Å². The topological polar surface area (TPSA) is 76.7 Å². The number of hydrogen-bond acceptors (Lipinski definition) is 5. The van der Waals surface area contributed by atoms with Gasteiger partial charge in [-0.1, -0.05) is 11.6 Å². The Balaban J connectivity index is 2.19. The smallest absolute Gasteiger partial charge is 0.244 e. The van der Waals surface area contributed by atoms with Gasteiger partial charge in [0.15, 0.2) is 0 Å². The van der Waals surface area contributed by atoms with E-state index < -0.39 is 10.0 Å². The van der Waals surface area contributed by atoms with Gasteiger partial charge < -0.3 is 14.8 Å². The highest BCUT2D eigenvalue weighted by atomic mass is 35.5. The number of hydrogen-bond donors (Lipinski definition) is 2. The largest absolute Gasteiger partial charge is 0.495 e. The molecule has 6 nitrogen and oxygen atoms in total. The Morgan fingerprint density at radius 2 is 2.18 bits per heavy atom. The summed E-state index contributed by atoms with van der Waals surface area (Å²) >= 11 is 5.90. The molecule has 2 rings (SSSR count). The molecule has 0 spiro atoms. The Hall–Kier alpha value is -0.860. The standard InChI is InChI=1S/C14H21ClN2O4S/c1-20-10-14(6-3-7-16-14)9-17-22(18,19)13-8-11(15)4-5-12(13)21-2/h4-5,8,16-17H,3,6-7,9-10H2,1-2H3. The zero-order chi connectivity index (χ0) is 16.2. The van der Waals surface area contributed by atoms with Crippen LogP contribution >= 0.6 is 11.6 Å². The van der Waals surface area contributed by atoms with Gasteiger partial charge in [-0.2, -0.15) is 0 Å². The van der Waals surface area contributed by atoms with Crippen molar-refractivity contribution < 1.29 is 17.9 Å². The molecule has 0 aromatic heterocycles. The van der Waals surface area contributed by atoms with Gasteiger partial charge in [-0.25, -0.2) is 13.1 Å². The van der Waals surface area contributed by atoms with Crippen LogP contribution in [0.25, 0.3) is 0 Å². The lowest BCUT2D eigenvalue weighted by Gasteiger charge is -2.29. The minimum Gasteiger partial charge on any atom is -0.495 e. The SMILES string of the molecule is COCC1(CNS(=O)(=O)c2cc(Cl)ccc2OC)CCCN1. The molecule has 1 fully saturated rings. The maximum Gasteiger partial charge on any atom is 0.244 e. The predicted molar refractivity (Wildman–Crippen MR) is 85.0 cm³/mol. The van der Waals surface area contributed by atoms with E-state index in [2.05, 4.69) is 10.0 Å². The molecular formula is C14H21ClN2O4S. The van der Waals surface area contributed by atoms with E-state index in [1.54, 1.807) is 13.2 Å². The highest BCUT2D eigenvalue weighted by molar-refractivity contribution is 7.89. The van der Waals surface area contributed by atoms with Crippen molar-refractivity contribution in [2.24, 2.45) is 0 Å². The van der Waals surface area contributed by atoms with E-state index in [-0.39, 0.29) is 22.7 Å². The second kappa shape index (κ2) is 7.14. The molecule has 1 heterocycles. The van der Waals surface area contributed by atoms with E-state index in [4.69, 9.17) is 21.1 Å². The van der Waals surface area contributed by atoms with Crippen LogP contribution in [0.5, 0.6) is 5.75 Å². The molecule has 0 amide bonds. The molecule has 124 valence electrons. The molecule has 0 aliphatic carbocycles. The Morgan fingerprint density at radius 1 is 1.41 bits per heavy atom. The molecule has 1 saturated heterocycles. The van der Waals surface area contributed by atoms with Crippen molar-refractivity contribution in [3.05, 3.63) is 23.2 Å². The number of rotatable bonds is 7. The maximum atomic E-state index is 12.5. The third-order valence-corrected chi connectivity index (χ3v) is 5.43. The Bertz CT molecular complexity index is 615. The van der Waals surface area contributed by atoms with Crippen LogP contribution < -0.4 is 14.8 Å². The fourth-order valence-corrected chi connectivity index (χ4v) is 4.20. The highest BCUT2D eigenvalue weighted by Gasteiger charge is 2.35. The summed E-state index contributed by atoms with van der Waals surface area (Å²) in [4.78, 5) is 0.0352. The van der Waals surface area contributed by atoms with Crippen LogP contribution in [-0.4, -0.2) is 47.9 Å². The quantitative estimate of drug-likeness (QED) is 0.778. The van der Waals surface area contributed by atoms with E-state index >= 15 is 0 Å². The zero-order valence-electron chi connectivity index (χ0n) is 12.7. The molecule has 0 bridgehead atoms. The first-order valence-corrected chi connectivity index (χ1v) is 8.86. The first-order valence-electron chi connectivity index (χ1n) is 7.00. The molecule has 0 saturated carbocycles. The summed E-state index contributed by atoms with van der Waals surface area (Å²) in [6.07, 6.45) is 1.85. The van der Waals surface area contributed by atoms with E-state index in [0.717, 1.165) is 19.4 Å². The van der Waals surface area contributed by atoms with Crippen LogP contribution in [0.2, 0.25) is 5.02 Å². The average molecular weight is 349 g/mol. The molecule has 1 aromatic carbocycles. The van der Waals surface area contributed by atoms with Crippen molar-refractivity contribution >= 4 is 21.6 Å². The molecule has 22 heavy (non-hydrogen) atoms. The lowest BCUT2D eigenvalue weighted by molar-refractivity contribution is 0.122. The van der Waals surface area contributed by atoms with Crippen molar-refractivity contribution in [1.82, 2.24) is 10.0 Å².